The van der Waals surface area contributed by atoms with Crippen molar-refractivity contribution in [1.29, 1.82) is 0 Å². The zero-order chi connectivity index (χ0) is 24.3. The van der Waals surface area contributed by atoms with Gasteiger partial charge in [0.2, 0.25) is 0 Å². The Kier molecular flexibility index (Phi) is 5.62. The number of carbonyl (C=O) groups is 2. The fraction of sp³-hybridized carbons (Fsp3) is 0.100. The molecule has 10 nitrogen and oxygen atoms in total. The van der Waals surface area contributed by atoms with E-state index in [4.69, 9.17) is 9.47 Å². The maximum absolute atomic E-state index is 12.3. The standard InChI is InChI=1S/C20H14N4O6S4/c1-5-9(17(27)23-21-5)19-31-13-11(29-7(3)25)15-16(12(14(13)32-19)30-8(4)26)34-20(33-15)10-6(2)22-24-18(10)28/h21-22H,1-2H2,3-4H3,(H,23,27)(H,24,28). The average Bonchev–Trinajstić information content (AvgIpc) is 3.51. The molecule has 0 bridgehead atoms. The number of nitrogens with one attached hydrogen (secondary N) is 4. The molecule has 5 rings (SSSR count). The Labute approximate surface area is 206 Å². The minimum Gasteiger partial charge on any atom is -0.424 e. The minimum absolute atomic E-state index is 0.267. The number of benzene rings is 1. The summed E-state index contributed by atoms with van der Waals surface area (Å²) < 4.78 is 12.4. The first-order valence-electron chi connectivity index (χ1n) is 9.47. The van der Waals surface area contributed by atoms with Gasteiger partial charge in [0.15, 0.2) is 11.5 Å². The highest BCUT2D eigenvalue weighted by Gasteiger charge is 2.38. The summed E-state index contributed by atoms with van der Waals surface area (Å²) in [5.74, 6) is -0.554. The Hall–Kier alpha value is -2.94. The Morgan fingerprint density at radius 3 is 1.21 bits per heavy atom. The van der Waals surface area contributed by atoms with Crippen molar-refractivity contribution in [2.24, 2.45) is 0 Å². The van der Waals surface area contributed by atoms with Gasteiger partial charge in [0, 0.05) is 13.8 Å². The summed E-state index contributed by atoms with van der Waals surface area (Å²) in [6, 6.07) is 0. The average molecular weight is 535 g/mol. The number of hydrogen-bond acceptors (Lipinski definition) is 10. The number of H-pyrrole nitrogens is 4. The van der Waals surface area contributed by atoms with Crippen LogP contribution in [0.1, 0.15) is 13.8 Å². The normalized spacial score (nSPS) is 14.3. The second-order valence-corrected chi connectivity index (χ2v) is 11.6. The molecular weight excluding hydrogens is 521 g/mol. The summed E-state index contributed by atoms with van der Waals surface area (Å²) in [4.78, 5) is 50.8. The van der Waals surface area contributed by atoms with E-state index in [-0.39, 0.29) is 22.6 Å². The molecule has 0 unspecified atom stereocenters. The summed E-state index contributed by atoms with van der Waals surface area (Å²) in [7, 11) is 0. The quantitative estimate of drug-likeness (QED) is 0.267. The van der Waals surface area contributed by atoms with Gasteiger partial charge < -0.3 is 9.47 Å². The van der Waals surface area contributed by atoms with E-state index >= 15 is 0 Å². The summed E-state index contributed by atoms with van der Waals surface area (Å²) in [5, 5.41) is 11.9. The van der Waals surface area contributed by atoms with Gasteiger partial charge in [-0.05, 0) is 0 Å². The van der Waals surface area contributed by atoms with Gasteiger partial charge in [0.25, 0.3) is 11.1 Å². The highest BCUT2D eigenvalue weighted by molar-refractivity contribution is 8.33. The second-order valence-electron chi connectivity index (χ2n) is 7.01. The lowest BCUT2D eigenvalue weighted by Crippen LogP contribution is -2.33. The molecule has 0 amide bonds. The molecule has 34 heavy (non-hydrogen) atoms. The fourth-order valence-electron chi connectivity index (χ4n) is 3.30. The molecule has 0 aliphatic carbocycles. The highest BCUT2D eigenvalue weighted by atomic mass is 32.2. The van der Waals surface area contributed by atoms with Gasteiger partial charge in [-0.3, -0.25) is 39.6 Å². The van der Waals surface area contributed by atoms with Crippen molar-refractivity contribution in [1.82, 2.24) is 20.4 Å². The van der Waals surface area contributed by atoms with Crippen molar-refractivity contribution in [3.05, 3.63) is 41.8 Å². The third-order valence-corrected chi connectivity index (χ3v) is 9.82. The zero-order valence-electron chi connectivity index (χ0n) is 17.5. The van der Waals surface area contributed by atoms with Gasteiger partial charge in [0.05, 0.1) is 49.2 Å². The summed E-state index contributed by atoms with van der Waals surface area (Å²) >= 11 is 4.86. The van der Waals surface area contributed by atoms with Gasteiger partial charge in [0.1, 0.15) is 0 Å². The number of ether oxygens (including phenoxy) is 2. The van der Waals surface area contributed by atoms with Crippen LogP contribution in [-0.4, -0.2) is 32.3 Å². The number of aromatic nitrogens is 4. The first kappa shape index (κ1) is 22.8. The number of thioether (sulfide) groups is 4. The summed E-state index contributed by atoms with van der Waals surface area (Å²) in [6.45, 7) is 10.3. The smallest absolute Gasteiger partial charge is 0.308 e. The number of fused-ring (bicyclic) bond motifs is 2. The van der Waals surface area contributed by atoms with Crippen molar-refractivity contribution in [2.75, 3.05) is 0 Å². The Morgan fingerprint density at radius 1 is 0.647 bits per heavy atom. The topological polar surface area (TPSA) is 150 Å². The van der Waals surface area contributed by atoms with Crippen LogP contribution in [0.3, 0.4) is 0 Å². The molecule has 0 radical (unpaired) electrons. The number of esters is 2. The lowest BCUT2D eigenvalue weighted by Gasteiger charge is -2.15. The molecule has 2 aromatic heterocycles. The van der Waals surface area contributed by atoms with Gasteiger partial charge in [-0.1, -0.05) is 60.2 Å². The van der Waals surface area contributed by atoms with E-state index in [2.05, 4.69) is 33.6 Å². The Bertz CT molecular complexity index is 1530. The molecule has 0 fully saturated rings. The van der Waals surface area contributed by atoms with Crippen molar-refractivity contribution in [3.8, 4) is 11.5 Å². The number of aromatic amines is 4. The maximum Gasteiger partial charge on any atom is 0.308 e. The van der Waals surface area contributed by atoms with Gasteiger partial charge in [-0.15, -0.1) is 0 Å². The van der Waals surface area contributed by atoms with Gasteiger partial charge >= 0.3 is 11.9 Å². The van der Waals surface area contributed by atoms with Crippen LogP contribution in [0, 0.1) is 0 Å². The Balaban J connectivity index is 1.82. The van der Waals surface area contributed by atoms with Crippen LogP contribution in [0.5, 0.6) is 11.5 Å². The third-order valence-electron chi connectivity index (χ3n) is 4.63. The largest absolute Gasteiger partial charge is 0.424 e. The monoisotopic (exact) mass is 534 g/mol. The molecule has 3 aromatic rings. The predicted octanol–water partition coefficient (Wildman–Crippen LogP) is 0.318. The predicted molar refractivity (Wildman–Crippen MR) is 132 cm³/mol. The SMILES string of the molecule is C=c1[nH][nH]c(=O)c1=C1Sc2c(OC(C)=O)c3c(c(OC(C)=O)c2S1)SC(=c1c(=C)[nH][nH]c1=O)S3. The van der Waals surface area contributed by atoms with E-state index in [9.17, 15) is 19.2 Å². The molecule has 4 N–H and O–H groups in total. The molecule has 4 heterocycles. The van der Waals surface area contributed by atoms with Crippen LogP contribution in [0.4, 0.5) is 0 Å². The van der Waals surface area contributed by atoms with Gasteiger partial charge in [-0.2, -0.15) is 0 Å². The van der Waals surface area contributed by atoms with E-state index in [0.29, 0.717) is 49.2 Å². The molecule has 2 aliphatic heterocycles. The van der Waals surface area contributed by atoms with E-state index in [0.717, 1.165) is 0 Å². The van der Waals surface area contributed by atoms with Crippen molar-refractivity contribution >= 4 is 80.6 Å². The minimum atomic E-state index is -0.544. The molecule has 174 valence electrons. The number of carbonyl (C=O) groups excluding carboxylic acids is 2. The maximum atomic E-state index is 12.3. The van der Waals surface area contributed by atoms with Crippen LogP contribution in [0.15, 0.2) is 29.2 Å². The molecule has 0 spiro atoms. The molecule has 1 aromatic carbocycles. The molecule has 0 atom stereocenters. The first-order valence-corrected chi connectivity index (χ1v) is 12.7. The van der Waals surface area contributed by atoms with Crippen LogP contribution in [0.25, 0.3) is 21.6 Å². The van der Waals surface area contributed by atoms with Crippen molar-refractivity contribution in [3.63, 3.8) is 0 Å². The molecule has 2 aliphatic rings. The Morgan fingerprint density at radius 2 is 0.971 bits per heavy atom. The summed E-state index contributed by atoms with van der Waals surface area (Å²) in [5.41, 5.74) is -0.699. The van der Waals surface area contributed by atoms with Crippen LogP contribution < -0.4 is 41.7 Å². The molecular formula is C20H14N4O6S4. The van der Waals surface area contributed by atoms with Gasteiger partial charge in [-0.25, -0.2) is 0 Å². The van der Waals surface area contributed by atoms with E-state index in [1.165, 1.54) is 60.9 Å². The lowest BCUT2D eigenvalue weighted by atomic mass is 10.3. The number of hydrogen-bond donors (Lipinski definition) is 4. The van der Waals surface area contributed by atoms with E-state index < -0.39 is 11.9 Å². The number of rotatable bonds is 2. The highest BCUT2D eigenvalue weighted by Crippen LogP contribution is 2.68. The van der Waals surface area contributed by atoms with Crippen LogP contribution >= 0.6 is 47.0 Å². The summed E-state index contributed by atoms with van der Waals surface area (Å²) in [6.07, 6.45) is 0. The lowest BCUT2D eigenvalue weighted by molar-refractivity contribution is -0.133. The van der Waals surface area contributed by atoms with E-state index in [1.807, 2.05) is 0 Å². The van der Waals surface area contributed by atoms with Crippen LogP contribution in [-0.2, 0) is 9.59 Å². The first-order chi connectivity index (χ1) is 16.2. The molecule has 0 saturated carbocycles. The van der Waals surface area contributed by atoms with Crippen LogP contribution in [0.2, 0.25) is 0 Å². The molecule has 0 saturated heterocycles. The second kappa shape index (κ2) is 8.37. The molecule has 14 heteroatoms. The van der Waals surface area contributed by atoms with Crippen molar-refractivity contribution < 1.29 is 19.1 Å². The van der Waals surface area contributed by atoms with E-state index in [1.54, 1.807) is 0 Å². The third kappa shape index (κ3) is 3.66. The fourth-order valence-corrected chi connectivity index (χ4v) is 8.96. The zero-order valence-corrected chi connectivity index (χ0v) is 20.8. The van der Waals surface area contributed by atoms with Crippen molar-refractivity contribution in [2.45, 2.75) is 33.4 Å².